The van der Waals surface area contributed by atoms with Gasteiger partial charge in [0.2, 0.25) is 0 Å². The molecule has 1 aromatic carbocycles. The molecule has 26 heavy (non-hydrogen) atoms. The van der Waals surface area contributed by atoms with Crippen LogP contribution in [-0.2, 0) is 6.42 Å². The third kappa shape index (κ3) is 4.15. The number of halogens is 1. The van der Waals surface area contributed by atoms with E-state index in [0.717, 1.165) is 32.4 Å². The van der Waals surface area contributed by atoms with Crippen LogP contribution < -0.4 is 9.47 Å². The lowest BCUT2D eigenvalue weighted by atomic mass is 9.79. The van der Waals surface area contributed by atoms with Crippen LogP contribution in [0.4, 0.5) is 4.39 Å². The van der Waals surface area contributed by atoms with Crippen LogP contribution in [0, 0.1) is 11.8 Å². The second-order valence-corrected chi connectivity index (χ2v) is 8.05. The molecule has 3 rings (SSSR count). The van der Waals surface area contributed by atoms with Crippen molar-refractivity contribution >= 4 is 0 Å². The van der Waals surface area contributed by atoms with E-state index in [2.05, 4.69) is 30.9 Å². The van der Waals surface area contributed by atoms with Gasteiger partial charge in [0.05, 0.1) is 26.5 Å². The normalized spacial score (nSPS) is 25.7. The first-order chi connectivity index (χ1) is 12.5. The number of hydrogen-bond acceptors (Lipinski definition) is 4. The van der Waals surface area contributed by atoms with Gasteiger partial charge >= 0.3 is 0 Å². The van der Waals surface area contributed by atoms with E-state index in [-0.39, 0.29) is 18.8 Å². The van der Waals surface area contributed by atoms with Crippen molar-refractivity contribution in [1.29, 1.82) is 0 Å². The number of fused-ring (bicyclic) bond motifs is 3. The predicted molar refractivity (Wildman–Crippen MR) is 101 cm³/mol. The highest BCUT2D eigenvalue weighted by Gasteiger charge is 2.38. The van der Waals surface area contributed by atoms with Gasteiger partial charge in [0.1, 0.15) is 0 Å². The van der Waals surface area contributed by atoms with Gasteiger partial charge in [-0.25, -0.2) is 0 Å². The summed E-state index contributed by atoms with van der Waals surface area (Å²) in [5, 5.41) is 10.7. The van der Waals surface area contributed by atoms with Crippen molar-refractivity contribution in [2.24, 2.45) is 11.8 Å². The zero-order chi connectivity index (χ0) is 18.7. The fourth-order valence-electron chi connectivity index (χ4n) is 4.45. The summed E-state index contributed by atoms with van der Waals surface area (Å²) < 4.78 is 23.6. The molecule has 0 aromatic heterocycles. The van der Waals surface area contributed by atoms with Crippen LogP contribution in [0.15, 0.2) is 12.1 Å². The lowest BCUT2D eigenvalue weighted by Gasteiger charge is -2.46. The minimum absolute atomic E-state index is 0.242. The van der Waals surface area contributed by atoms with Gasteiger partial charge in [-0.05, 0) is 54.4 Å². The summed E-state index contributed by atoms with van der Waals surface area (Å²) in [6, 6.07) is 4.36. The molecule has 0 unspecified atom stereocenters. The summed E-state index contributed by atoms with van der Waals surface area (Å²) in [5.74, 6) is 2.36. The number of hydrogen-bond donors (Lipinski definition) is 1. The molecule has 0 bridgehead atoms. The highest BCUT2D eigenvalue weighted by atomic mass is 18.2. The van der Waals surface area contributed by atoms with Crippen LogP contribution in [-0.4, -0.2) is 49.6 Å². The SMILES string of the molecule is COc1cc2c(cc1OCCC[18F])CCN1C[C@@H](CC(C)C)[C@H](O)C[C@H]21. The number of nitrogens with zero attached hydrogens (tertiary/aromatic N) is 1. The van der Waals surface area contributed by atoms with Gasteiger partial charge in [-0.2, -0.15) is 0 Å². The molecule has 0 spiro atoms. The number of aliphatic hydroxyl groups is 1. The molecule has 2 heterocycles. The number of methoxy groups -OCH3 is 1. The van der Waals surface area contributed by atoms with Crippen LogP contribution in [0.2, 0.25) is 0 Å². The smallest absolute Gasteiger partial charge is 0.161 e. The first-order valence-corrected chi connectivity index (χ1v) is 9.85. The van der Waals surface area contributed by atoms with Crippen molar-refractivity contribution in [3.63, 3.8) is 0 Å². The quantitative estimate of drug-likeness (QED) is 0.748. The van der Waals surface area contributed by atoms with Crippen LogP contribution >= 0.6 is 0 Å². The Kier molecular flexibility index (Phi) is 6.41. The number of aliphatic hydroxyl groups excluding tert-OH is 1. The molecular formula is C21H32FNO3. The first-order valence-electron chi connectivity index (χ1n) is 9.85. The van der Waals surface area contributed by atoms with Gasteiger partial charge in [0, 0.05) is 25.6 Å². The Morgan fingerprint density at radius 2 is 2.12 bits per heavy atom. The van der Waals surface area contributed by atoms with E-state index in [9.17, 15) is 9.50 Å². The maximum atomic E-state index is 12.3. The largest absolute Gasteiger partial charge is 0.493 e. The first kappa shape index (κ1) is 19.4. The van der Waals surface area contributed by atoms with Crippen molar-refractivity contribution in [2.75, 3.05) is 33.5 Å². The Morgan fingerprint density at radius 1 is 1.31 bits per heavy atom. The van der Waals surface area contributed by atoms with E-state index >= 15 is 0 Å². The summed E-state index contributed by atoms with van der Waals surface area (Å²) in [6.45, 7) is 6.39. The molecule has 0 radical (unpaired) electrons. The standard InChI is InChI=1S/C21H32FNO3/c1-14(2)9-16-13-23-7-5-15-10-21(26-8-4-6-22)20(25-3)11-17(15)18(23)12-19(16)24/h10-11,14,16,18-19,24H,4-9,12-13H2,1-3H3/t16-,18-,19-/m1/s1/i22-1. The van der Waals surface area contributed by atoms with Gasteiger partial charge in [0.15, 0.2) is 11.5 Å². The molecule has 4 nitrogen and oxygen atoms in total. The van der Waals surface area contributed by atoms with Gasteiger partial charge < -0.3 is 14.6 Å². The zero-order valence-corrected chi connectivity index (χ0v) is 16.2. The summed E-state index contributed by atoms with van der Waals surface area (Å²) in [4.78, 5) is 2.52. The molecule has 1 saturated heterocycles. The lowest BCUT2D eigenvalue weighted by molar-refractivity contribution is -0.0191. The number of piperidine rings is 1. The van der Waals surface area contributed by atoms with Crippen molar-refractivity contribution in [1.82, 2.24) is 4.90 Å². The molecule has 1 aromatic rings. The van der Waals surface area contributed by atoms with Crippen LogP contribution in [0.5, 0.6) is 11.5 Å². The van der Waals surface area contributed by atoms with Gasteiger partial charge in [0.25, 0.3) is 0 Å². The van der Waals surface area contributed by atoms with E-state index in [1.54, 1.807) is 7.11 Å². The van der Waals surface area contributed by atoms with Crippen molar-refractivity contribution < 1.29 is 19.0 Å². The highest BCUT2D eigenvalue weighted by Crippen LogP contribution is 2.43. The minimum Gasteiger partial charge on any atom is -0.493 e. The monoisotopic (exact) mass is 364 g/mol. The third-order valence-electron chi connectivity index (χ3n) is 5.68. The molecule has 1 fully saturated rings. The maximum absolute atomic E-state index is 12.3. The molecule has 1 N–H and O–H groups in total. The fourth-order valence-corrected chi connectivity index (χ4v) is 4.45. The van der Waals surface area contributed by atoms with Gasteiger partial charge in [-0.15, -0.1) is 0 Å². The van der Waals surface area contributed by atoms with Gasteiger partial charge in [-0.1, -0.05) is 13.8 Å². The number of alkyl halides is 1. The summed E-state index contributed by atoms with van der Waals surface area (Å²) in [6.07, 6.45) is 2.95. The predicted octanol–water partition coefficient (Wildman–Crippen LogP) is 3.76. The zero-order valence-electron chi connectivity index (χ0n) is 16.2. The van der Waals surface area contributed by atoms with E-state index in [0.29, 0.717) is 36.4 Å². The van der Waals surface area contributed by atoms with Crippen LogP contribution in [0.25, 0.3) is 0 Å². The topological polar surface area (TPSA) is 41.9 Å². The molecule has 0 saturated carbocycles. The molecule has 2 aliphatic heterocycles. The van der Waals surface area contributed by atoms with E-state index in [4.69, 9.17) is 9.47 Å². The number of ether oxygens (including phenoxy) is 2. The Bertz CT molecular complexity index is 607. The molecular weight excluding hydrogens is 332 g/mol. The summed E-state index contributed by atoms with van der Waals surface area (Å²) in [5.41, 5.74) is 2.50. The van der Waals surface area contributed by atoms with E-state index in [1.165, 1.54) is 11.1 Å². The van der Waals surface area contributed by atoms with Crippen molar-refractivity contribution in [3.05, 3.63) is 23.3 Å². The fraction of sp³-hybridized carbons (Fsp3) is 0.714. The average Bonchev–Trinajstić information content (AvgIpc) is 2.61. The Balaban J connectivity index is 1.80. The van der Waals surface area contributed by atoms with E-state index < -0.39 is 0 Å². The molecule has 146 valence electrons. The Labute approximate surface area is 156 Å². The lowest BCUT2D eigenvalue weighted by Crippen LogP contribution is -2.48. The van der Waals surface area contributed by atoms with Gasteiger partial charge in [-0.3, -0.25) is 9.29 Å². The maximum Gasteiger partial charge on any atom is 0.161 e. The minimum atomic E-state index is -0.375. The highest BCUT2D eigenvalue weighted by molar-refractivity contribution is 5.49. The van der Waals surface area contributed by atoms with Crippen molar-refractivity contribution in [3.8, 4) is 11.5 Å². The summed E-state index contributed by atoms with van der Waals surface area (Å²) in [7, 11) is 1.64. The second kappa shape index (κ2) is 8.57. The molecule has 5 heteroatoms. The number of benzene rings is 1. The Morgan fingerprint density at radius 3 is 2.81 bits per heavy atom. The molecule has 0 aliphatic carbocycles. The molecule has 2 aliphatic rings. The third-order valence-corrected chi connectivity index (χ3v) is 5.68. The van der Waals surface area contributed by atoms with E-state index in [1.807, 2.05) is 0 Å². The average molecular weight is 364 g/mol. The Hall–Kier alpha value is -1.33. The second-order valence-electron chi connectivity index (χ2n) is 8.05. The molecule has 3 atom stereocenters. The number of rotatable bonds is 7. The van der Waals surface area contributed by atoms with Crippen molar-refractivity contribution in [2.45, 2.75) is 51.7 Å². The van der Waals surface area contributed by atoms with Crippen LogP contribution in [0.1, 0.15) is 50.3 Å². The molecule has 0 amide bonds. The van der Waals surface area contributed by atoms with Crippen LogP contribution in [0.3, 0.4) is 0 Å². The summed E-state index contributed by atoms with van der Waals surface area (Å²) >= 11 is 0.